The second-order valence-corrected chi connectivity index (χ2v) is 4.08. The number of nitrogens with one attached hydrogen (secondary N) is 4. The van der Waals surface area contributed by atoms with Crippen molar-refractivity contribution in [3.05, 3.63) is 0 Å². The van der Waals surface area contributed by atoms with Crippen LogP contribution in [-0.4, -0.2) is 49.9 Å². The van der Waals surface area contributed by atoms with E-state index < -0.39 is 18.0 Å². The van der Waals surface area contributed by atoms with E-state index in [1.54, 1.807) is 0 Å². The predicted octanol–water partition coefficient (Wildman–Crippen LogP) is -2.20. The fraction of sp³-hybridized carbons (Fsp3) is 0.636. The molecule has 0 radical (unpaired) electrons. The zero-order valence-electron chi connectivity index (χ0n) is 11.6. The summed E-state index contributed by atoms with van der Waals surface area (Å²) in [4.78, 5) is 44.3. The molecular formula is C11H21N5O4. The summed E-state index contributed by atoms with van der Waals surface area (Å²) < 4.78 is 0. The fourth-order valence-corrected chi connectivity index (χ4v) is 1.41. The van der Waals surface area contributed by atoms with Crippen LogP contribution in [0, 0.1) is 0 Å². The number of nitrogens with two attached hydrogens (primary N) is 1. The van der Waals surface area contributed by atoms with Crippen molar-refractivity contribution in [2.45, 2.75) is 25.8 Å². The maximum Gasteiger partial charge on any atom is 0.312 e. The highest BCUT2D eigenvalue weighted by Gasteiger charge is 2.19. The molecule has 0 aromatic heterocycles. The summed E-state index contributed by atoms with van der Waals surface area (Å²) in [6.07, 6.45) is 0.813. The summed E-state index contributed by atoms with van der Waals surface area (Å²) >= 11 is 0. The number of hydrogen-bond acceptors (Lipinski definition) is 4. The van der Waals surface area contributed by atoms with E-state index in [4.69, 9.17) is 5.73 Å². The molecule has 0 aromatic carbocycles. The smallest absolute Gasteiger partial charge is 0.312 e. The second-order valence-electron chi connectivity index (χ2n) is 4.08. The van der Waals surface area contributed by atoms with Crippen LogP contribution in [-0.2, 0) is 14.4 Å². The molecular weight excluding hydrogens is 266 g/mol. The standard InChI is InChI=1S/C11H21N5O4/c1-7(17)15-6-9(18)16-8(10(19)13-2)4-3-5-14-11(12)20/h8H,3-6H2,1-2H3,(H,13,19)(H,15,17)(H,16,18)(H3,12,14,20)/t8-/m1/s1. The Morgan fingerprint density at radius 3 is 2.30 bits per heavy atom. The zero-order chi connectivity index (χ0) is 15.5. The maximum atomic E-state index is 11.6. The van der Waals surface area contributed by atoms with Gasteiger partial charge in [0.15, 0.2) is 0 Å². The number of amides is 5. The minimum atomic E-state index is -0.726. The Hall–Kier alpha value is -2.32. The molecule has 0 aromatic rings. The third kappa shape index (κ3) is 8.72. The molecule has 0 saturated heterocycles. The van der Waals surface area contributed by atoms with E-state index in [-0.39, 0.29) is 18.4 Å². The summed E-state index contributed by atoms with van der Waals surface area (Å²) in [5, 5.41) is 9.66. The lowest BCUT2D eigenvalue weighted by atomic mass is 10.1. The van der Waals surface area contributed by atoms with Gasteiger partial charge in [-0.2, -0.15) is 0 Å². The third-order valence-corrected chi connectivity index (χ3v) is 2.36. The van der Waals surface area contributed by atoms with Crippen molar-refractivity contribution in [1.29, 1.82) is 0 Å². The Morgan fingerprint density at radius 2 is 1.80 bits per heavy atom. The van der Waals surface area contributed by atoms with Gasteiger partial charge in [0.25, 0.3) is 0 Å². The number of urea groups is 1. The first-order valence-corrected chi connectivity index (χ1v) is 6.15. The fourth-order valence-electron chi connectivity index (χ4n) is 1.41. The number of carbonyl (C=O) groups is 4. The van der Waals surface area contributed by atoms with E-state index >= 15 is 0 Å². The largest absolute Gasteiger partial charge is 0.357 e. The number of carbonyl (C=O) groups excluding carboxylic acids is 4. The average molecular weight is 287 g/mol. The lowest BCUT2D eigenvalue weighted by Gasteiger charge is -2.17. The van der Waals surface area contributed by atoms with Crippen LogP contribution in [0.4, 0.5) is 4.79 Å². The molecule has 1 atom stereocenters. The molecule has 9 heteroatoms. The van der Waals surface area contributed by atoms with Crippen LogP contribution in [0.25, 0.3) is 0 Å². The van der Waals surface area contributed by atoms with Gasteiger partial charge in [-0.1, -0.05) is 0 Å². The predicted molar refractivity (Wildman–Crippen MR) is 71.5 cm³/mol. The number of likely N-dealkylation sites (N-methyl/N-ethyl adjacent to an activating group) is 1. The molecule has 6 N–H and O–H groups in total. The highest BCUT2D eigenvalue weighted by molar-refractivity contribution is 5.89. The van der Waals surface area contributed by atoms with Crippen molar-refractivity contribution in [3.8, 4) is 0 Å². The first-order chi connectivity index (χ1) is 9.36. The molecule has 0 unspecified atom stereocenters. The van der Waals surface area contributed by atoms with Gasteiger partial charge in [-0.05, 0) is 12.8 Å². The lowest BCUT2D eigenvalue weighted by Crippen LogP contribution is -2.48. The summed E-state index contributed by atoms with van der Waals surface area (Å²) in [7, 11) is 1.46. The monoisotopic (exact) mass is 287 g/mol. The minimum Gasteiger partial charge on any atom is -0.357 e. The van der Waals surface area contributed by atoms with Crippen LogP contribution < -0.4 is 27.0 Å². The Balaban J connectivity index is 4.20. The van der Waals surface area contributed by atoms with E-state index in [1.807, 2.05) is 0 Å². The molecule has 0 spiro atoms. The van der Waals surface area contributed by atoms with E-state index in [0.717, 1.165) is 0 Å². The molecule has 0 aliphatic rings. The highest BCUT2D eigenvalue weighted by atomic mass is 16.2. The minimum absolute atomic E-state index is 0.192. The van der Waals surface area contributed by atoms with Crippen LogP contribution in [0.2, 0.25) is 0 Å². The summed E-state index contributed by atoms with van der Waals surface area (Å²) in [5.41, 5.74) is 4.90. The third-order valence-electron chi connectivity index (χ3n) is 2.36. The molecule has 0 rings (SSSR count). The number of primary amides is 1. The molecule has 9 nitrogen and oxygen atoms in total. The molecule has 5 amide bonds. The van der Waals surface area contributed by atoms with Crippen LogP contribution in [0.1, 0.15) is 19.8 Å². The maximum absolute atomic E-state index is 11.6. The van der Waals surface area contributed by atoms with Gasteiger partial charge < -0.3 is 27.0 Å². The van der Waals surface area contributed by atoms with E-state index in [2.05, 4.69) is 21.3 Å². The topological polar surface area (TPSA) is 142 Å². The van der Waals surface area contributed by atoms with E-state index in [0.29, 0.717) is 19.4 Å². The number of rotatable bonds is 8. The summed E-state index contributed by atoms with van der Waals surface area (Å²) in [6.45, 7) is 1.41. The van der Waals surface area contributed by atoms with Gasteiger partial charge in [-0.15, -0.1) is 0 Å². The van der Waals surface area contributed by atoms with Crippen molar-refractivity contribution in [3.63, 3.8) is 0 Å². The van der Waals surface area contributed by atoms with Gasteiger partial charge in [-0.3, -0.25) is 14.4 Å². The van der Waals surface area contributed by atoms with E-state index in [9.17, 15) is 19.2 Å². The summed E-state index contributed by atoms with van der Waals surface area (Å²) in [5.74, 6) is -1.14. The average Bonchev–Trinajstić information content (AvgIpc) is 2.38. The van der Waals surface area contributed by atoms with Crippen molar-refractivity contribution in [2.24, 2.45) is 5.73 Å². The Kier molecular flexibility index (Phi) is 8.48. The normalized spacial score (nSPS) is 11.1. The molecule has 0 bridgehead atoms. The molecule has 0 aliphatic heterocycles. The van der Waals surface area contributed by atoms with Gasteiger partial charge in [0.2, 0.25) is 17.7 Å². The second kappa shape index (κ2) is 9.59. The van der Waals surface area contributed by atoms with Crippen LogP contribution in [0.5, 0.6) is 0 Å². The molecule has 114 valence electrons. The molecule has 0 aliphatic carbocycles. The summed E-state index contributed by atoms with van der Waals surface area (Å²) in [6, 6.07) is -1.37. The van der Waals surface area contributed by atoms with Gasteiger partial charge in [0, 0.05) is 20.5 Å². The quantitative estimate of drug-likeness (QED) is 0.323. The number of hydrogen-bond donors (Lipinski definition) is 5. The van der Waals surface area contributed by atoms with Crippen molar-refractivity contribution >= 4 is 23.8 Å². The Morgan fingerprint density at radius 1 is 1.15 bits per heavy atom. The first-order valence-electron chi connectivity index (χ1n) is 6.15. The molecule has 20 heavy (non-hydrogen) atoms. The zero-order valence-corrected chi connectivity index (χ0v) is 11.6. The SMILES string of the molecule is CNC(=O)[C@@H](CCCNC(N)=O)NC(=O)CNC(C)=O. The Bertz CT molecular complexity index is 372. The van der Waals surface area contributed by atoms with Crippen molar-refractivity contribution < 1.29 is 19.2 Å². The molecule has 0 fully saturated rings. The van der Waals surface area contributed by atoms with Crippen molar-refractivity contribution in [2.75, 3.05) is 20.1 Å². The van der Waals surface area contributed by atoms with E-state index in [1.165, 1.54) is 14.0 Å². The van der Waals surface area contributed by atoms with Crippen LogP contribution in [0.15, 0.2) is 0 Å². The Labute approximate surface area is 117 Å². The van der Waals surface area contributed by atoms with Gasteiger partial charge in [-0.25, -0.2) is 4.79 Å². The molecule has 0 saturated carbocycles. The van der Waals surface area contributed by atoms with Gasteiger partial charge >= 0.3 is 6.03 Å². The highest BCUT2D eigenvalue weighted by Crippen LogP contribution is 1.97. The van der Waals surface area contributed by atoms with Gasteiger partial charge in [0.05, 0.1) is 6.54 Å². The van der Waals surface area contributed by atoms with Crippen LogP contribution in [0.3, 0.4) is 0 Å². The van der Waals surface area contributed by atoms with Crippen molar-refractivity contribution in [1.82, 2.24) is 21.3 Å². The lowest BCUT2D eigenvalue weighted by molar-refractivity contribution is -0.129. The first kappa shape index (κ1) is 17.7. The van der Waals surface area contributed by atoms with Gasteiger partial charge in [0.1, 0.15) is 6.04 Å². The molecule has 0 heterocycles. The van der Waals surface area contributed by atoms with Crippen LogP contribution >= 0.6 is 0 Å².